The number of aliphatic hydroxyl groups excluding tert-OH is 1. The van der Waals surface area contributed by atoms with Crippen molar-refractivity contribution in [2.24, 2.45) is 0 Å². The predicted octanol–water partition coefficient (Wildman–Crippen LogP) is 2.69. The molecule has 1 heterocycles. The first-order valence-electron chi connectivity index (χ1n) is 11.3. The van der Waals surface area contributed by atoms with Crippen LogP contribution in [0.25, 0.3) is 0 Å². The third-order valence-corrected chi connectivity index (χ3v) is 6.64. The van der Waals surface area contributed by atoms with E-state index < -0.39 is 40.5 Å². The van der Waals surface area contributed by atoms with Crippen LogP contribution in [0.3, 0.4) is 0 Å². The van der Waals surface area contributed by atoms with Crippen LogP contribution in [0.5, 0.6) is 0 Å². The first kappa shape index (κ1) is 27.0. The number of nitrogens with one attached hydrogen (secondary N) is 2. The number of rotatable bonds is 8. The minimum atomic E-state index is -1.55. The van der Waals surface area contributed by atoms with Crippen molar-refractivity contribution in [3.05, 3.63) is 35.9 Å². The number of benzene rings is 1. The van der Waals surface area contributed by atoms with E-state index in [4.69, 9.17) is 4.74 Å². The van der Waals surface area contributed by atoms with Gasteiger partial charge in [0, 0.05) is 11.3 Å². The fourth-order valence-electron chi connectivity index (χ4n) is 3.67. The van der Waals surface area contributed by atoms with E-state index in [9.17, 15) is 19.5 Å². The van der Waals surface area contributed by atoms with E-state index in [0.29, 0.717) is 6.54 Å². The van der Waals surface area contributed by atoms with E-state index in [-0.39, 0.29) is 18.2 Å². The molecule has 1 aromatic rings. The first-order chi connectivity index (χ1) is 15.4. The van der Waals surface area contributed by atoms with E-state index in [1.54, 1.807) is 20.8 Å². The molecule has 33 heavy (non-hydrogen) atoms. The van der Waals surface area contributed by atoms with E-state index >= 15 is 0 Å². The SMILES string of the molecule is CCCNC(=O)[C@H]1N(C(=O)[C@@H](O)[C@H](Cc2ccccc2)NC(=O)OC(C)(C)C)CSC1(C)C. The summed E-state index contributed by atoms with van der Waals surface area (Å²) < 4.78 is 4.83. The van der Waals surface area contributed by atoms with Crippen LogP contribution in [-0.4, -0.2) is 68.9 Å². The molecule has 1 aliphatic heterocycles. The zero-order chi connectivity index (χ0) is 24.8. The van der Waals surface area contributed by atoms with E-state index in [1.807, 2.05) is 51.1 Å². The number of carbonyl (C=O) groups excluding carboxylic acids is 3. The van der Waals surface area contributed by atoms with Crippen molar-refractivity contribution in [1.29, 1.82) is 0 Å². The molecule has 3 N–H and O–H groups in total. The number of hydrogen-bond donors (Lipinski definition) is 3. The topological polar surface area (TPSA) is 108 Å². The van der Waals surface area contributed by atoms with Gasteiger partial charge in [0.25, 0.3) is 5.91 Å². The summed E-state index contributed by atoms with van der Waals surface area (Å²) in [6.07, 6.45) is -1.26. The lowest BCUT2D eigenvalue weighted by molar-refractivity contribution is -0.147. The van der Waals surface area contributed by atoms with E-state index in [0.717, 1.165) is 12.0 Å². The molecule has 184 valence electrons. The van der Waals surface area contributed by atoms with Gasteiger partial charge in [-0.1, -0.05) is 37.3 Å². The lowest BCUT2D eigenvalue weighted by Gasteiger charge is -2.33. The molecule has 0 aromatic heterocycles. The maximum absolute atomic E-state index is 13.4. The molecule has 0 bridgehead atoms. The summed E-state index contributed by atoms with van der Waals surface area (Å²) in [5.41, 5.74) is 0.118. The monoisotopic (exact) mass is 479 g/mol. The summed E-state index contributed by atoms with van der Waals surface area (Å²) in [7, 11) is 0. The lowest BCUT2D eigenvalue weighted by Crippen LogP contribution is -2.59. The molecule has 8 nitrogen and oxygen atoms in total. The van der Waals surface area contributed by atoms with Crippen LogP contribution in [0.15, 0.2) is 30.3 Å². The summed E-state index contributed by atoms with van der Waals surface area (Å²) in [5.74, 6) is -0.564. The van der Waals surface area contributed by atoms with Gasteiger partial charge in [0.15, 0.2) is 6.10 Å². The third-order valence-electron chi connectivity index (χ3n) is 5.26. The van der Waals surface area contributed by atoms with Gasteiger partial charge in [-0.15, -0.1) is 11.8 Å². The lowest BCUT2D eigenvalue weighted by atomic mass is 9.97. The minimum absolute atomic E-state index is 0.226. The van der Waals surface area contributed by atoms with E-state index in [1.165, 1.54) is 16.7 Å². The summed E-state index contributed by atoms with van der Waals surface area (Å²) >= 11 is 1.48. The summed E-state index contributed by atoms with van der Waals surface area (Å²) in [6.45, 7) is 11.5. The van der Waals surface area contributed by atoms with Gasteiger partial charge in [0.05, 0.1) is 11.9 Å². The molecule has 1 aromatic carbocycles. The summed E-state index contributed by atoms with van der Waals surface area (Å²) in [5, 5.41) is 16.6. The first-order valence-corrected chi connectivity index (χ1v) is 12.3. The molecule has 0 aliphatic carbocycles. The highest BCUT2D eigenvalue weighted by Crippen LogP contribution is 2.39. The number of thioether (sulfide) groups is 1. The molecule has 1 saturated heterocycles. The van der Waals surface area contributed by atoms with E-state index in [2.05, 4.69) is 10.6 Å². The molecule has 1 fully saturated rings. The highest BCUT2D eigenvalue weighted by Gasteiger charge is 2.49. The fourth-order valence-corrected chi connectivity index (χ4v) is 4.81. The third kappa shape index (κ3) is 7.64. The minimum Gasteiger partial charge on any atom is -0.444 e. The number of alkyl carbamates (subject to hydrolysis) is 1. The van der Waals surface area contributed by atoms with Gasteiger partial charge in [0.1, 0.15) is 11.6 Å². The largest absolute Gasteiger partial charge is 0.444 e. The molecule has 3 atom stereocenters. The number of amides is 3. The highest BCUT2D eigenvalue weighted by atomic mass is 32.2. The molecule has 0 radical (unpaired) electrons. The molecule has 0 spiro atoms. The molecule has 2 rings (SSSR count). The Balaban J connectivity index is 2.25. The molecule has 1 aliphatic rings. The van der Waals surface area contributed by atoms with Crippen molar-refractivity contribution in [3.8, 4) is 0 Å². The number of nitrogens with zero attached hydrogens (tertiary/aromatic N) is 1. The Kier molecular flexibility index (Phi) is 9.20. The Morgan fingerprint density at radius 1 is 1.24 bits per heavy atom. The predicted molar refractivity (Wildman–Crippen MR) is 130 cm³/mol. The van der Waals surface area contributed by atoms with Crippen LogP contribution in [0, 0.1) is 0 Å². The molecule has 0 saturated carbocycles. The van der Waals surface area contributed by atoms with Gasteiger partial charge >= 0.3 is 6.09 Å². The maximum Gasteiger partial charge on any atom is 0.407 e. The number of ether oxygens (including phenoxy) is 1. The van der Waals surface area contributed by atoms with Crippen molar-refractivity contribution < 1.29 is 24.2 Å². The normalized spacial score (nSPS) is 19.5. The molecular weight excluding hydrogens is 442 g/mol. The average molecular weight is 480 g/mol. The van der Waals surface area contributed by atoms with Crippen LogP contribution >= 0.6 is 11.8 Å². The smallest absolute Gasteiger partial charge is 0.407 e. The van der Waals surface area contributed by atoms with Crippen molar-refractivity contribution >= 4 is 29.7 Å². The van der Waals surface area contributed by atoms with Crippen LogP contribution < -0.4 is 10.6 Å². The van der Waals surface area contributed by atoms with Crippen LogP contribution in [0.1, 0.15) is 53.5 Å². The Labute approximate surface area is 200 Å². The molecule has 3 amide bonds. The maximum atomic E-state index is 13.4. The van der Waals surface area contributed by atoms with Crippen LogP contribution in [0.2, 0.25) is 0 Å². The van der Waals surface area contributed by atoms with Gasteiger partial charge in [-0.25, -0.2) is 4.79 Å². The Morgan fingerprint density at radius 2 is 1.88 bits per heavy atom. The number of carbonyl (C=O) groups is 3. The summed E-state index contributed by atoms with van der Waals surface area (Å²) in [6, 6.07) is 7.62. The number of aliphatic hydroxyl groups is 1. The summed E-state index contributed by atoms with van der Waals surface area (Å²) in [4.78, 5) is 40.1. The van der Waals surface area contributed by atoms with Crippen molar-refractivity contribution in [2.45, 2.75) is 82.9 Å². The molecule has 9 heteroatoms. The standard InChI is InChI=1S/C24H37N3O5S/c1-7-13-25-20(29)19-24(5,6)33-15-27(19)21(30)18(28)17(14-16-11-9-8-10-12-16)26-22(31)32-23(2,3)4/h8-12,17-19,28H,7,13-15H2,1-6H3,(H,25,29)(H,26,31)/t17-,18-,19+/m0/s1. The zero-order valence-electron chi connectivity index (χ0n) is 20.4. The van der Waals surface area contributed by atoms with Crippen LogP contribution in [0.4, 0.5) is 4.79 Å². The quantitative estimate of drug-likeness (QED) is 0.529. The Bertz CT molecular complexity index is 825. The van der Waals surface area contributed by atoms with Gasteiger partial charge < -0.3 is 25.4 Å². The average Bonchev–Trinajstić information content (AvgIpc) is 3.04. The van der Waals surface area contributed by atoms with Crippen LogP contribution in [-0.2, 0) is 20.7 Å². The van der Waals surface area contributed by atoms with Gasteiger partial charge in [-0.2, -0.15) is 0 Å². The molecular formula is C24H37N3O5S. The number of hydrogen-bond acceptors (Lipinski definition) is 6. The zero-order valence-corrected chi connectivity index (χ0v) is 21.2. The second-order valence-corrected chi connectivity index (χ2v) is 11.4. The second-order valence-electron chi connectivity index (χ2n) is 9.77. The van der Waals surface area contributed by atoms with Gasteiger partial charge in [0.2, 0.25) is 5.91 Å². The van der Waals surface area contributed by atoms with Crippen molar-refractivity contribution in [2.75, 3.05) is 12.4 Å². The highest BCUT2D eigenvalue weighted by molar-refractivity contribution is 8.00. The fraction of sp³-hybridized carbons (Fsp3) is 0.625. The van der Waals surface area contributed by atoms with Crippen molar-refractivity contribution in [3.63, 3.8) is 0 Å². The Morgan fingerprint density at radius 3 is 2.45 bits per heavy atom. The second kappa shape index (κ2) is 11.2. The molecule has 0 unspecified atom stereocenters. The van der Waals surface area contributed by atoms with Crippen molar-refractivity contribution in [1.82, 2.24) is 15.5 Å². The Hall–Kier alpha value is -2.26. The van der Waals surface area contributed by atoms with Gasteiger partial charge in [-0.05, 0) is 53.0 Å². The van der Waals surface area contributed by atoms with Gasteiger partial charge in [-0.3, -0.25) is 9.59 Å².